The highest BCUT2D eigenvalue weighted by atomic mass is 31.2. The van der Waals surface area contributed by atoms with Gasteiger partial charge in [0.1, 0.15) is 11.5 Å². The van der Waals surface area contributed by atoms with E-state index >= 15 is 0 Å². The second-order valence-corrected chi connectivity index (χ2v) is 16.2. The Bertz CT molecular complexity index is 2150. The Morgan fingerprint density at radius 2 is 0.894 bits per heavy atom. The van der Waals surface area contributed by atoms with Crippen molar-refractivity contribution in [2.45, 2.75) is 19.6 Å². The lowest BCUT2D eigenvalue weighted by Gasteiger charge is -2.29. The van der Waals surface area contributed by atoms with Crippen molar-refractivity contribution in [3.05, 3.63) is 129 Å². The number of methoxy groups -OCH3 is 1. The van der Waals surface area contributed by atoms with Crippen LogP contribution in [0.5, 0.6) is 11.5 Å². The molecule has 11 nitrogen and oxygen atoms in total. The molecule has 0 fully saturated rings. The van der Waals surface area contributed by atoms with Gasteiger partial charge in [0.15, 0.2) is 0 Å². The molecular weight excluding hydrogens is 640 g/mol. The van der Waals surface area contributed by atoms with E-state index in [2.05, 4.69) is 0 Å². The summed E-state index contributed by atoms with van der Waals surface area (Å²) in [6.07, 6.45) is -0.358. The highest BCUT2D eigenvalue weighted by molar-refractivity contribution is 7.68. The minimum absolute atomic E-state index is 0.0326. The van der Waals surface area contributed by atoms with E-state index in [1.165, 1.54) is 7.11 Å². The van der Waals surface area contributed by atoms with Gasteiger partial charge in [-0.3, -0.25) is 9.13 Å². The molecule has 2 aliphatic rings. The van der Waals surface area contributed by atoms with Gasteiger partial charge in [-0.25, -0.2) is 28.1 Å². The van der Waals surface area contributed by atoms with Crippen LogP contribution in [0.15, 0.2) is 111 Å². The molecule has 240 valence electrons. The number of nitrogens with zero attached hydrogens (tertiary/aromatic N) is 3. The van der Waals surface area contributed by atoms with E-state index in [0.29, 0.717) is 22.1 Å². The summed E-state index contributed by atoms with van der Waals surface area (Å²) in [7, 11) is -5.78. The first-order valence-corrected chi connectivity index (χ1v) is 18.7. The summed E-state index contributed by atoms with van der Waals surface area (Å²) in [4.78, 5) is 41.1. The Balaban J connectivity index is 1.25. The minimum Gasteiger partial charge on any atom is -0.439 e. The van der Waals surface area contributed by atoms with Gasteiger partial charge in [-0.15, -0.1) is 0 Å². The molecule has 0 saturated carbocycles. The van der Waals surface area contributed by atoms with Gasteiger partial charge in [-0.05, 0) is 35.4 Å². The standard InChI is InChI=1S/C34H31N3O8P2/c1-43-21-18-35-32(38)36(19-22-46(41)30-16-8-4-12-26(30)24-10-2-6-14-28(24)44-46)34(40)37(33(35)39)20-23-47(42)31-17-9-5-13-27(31)25-11-3-7-15-29(25)45-47/h2-17H,18-23H2,1H3. The molecule has 0 saturated heterocycles. The lowest BCUT2D eigenvalue weighted by Crippen LogP contribution is -2.55. The Hall–Kier alpha value is -4.69. The summed E-state index contributed by atoms with van der Waals surface area (Å²) in [5.41, 5.74) is 0.495. The van der Waals surface area contributed by atoms with Gasteiger partial charge in [0, 0.05) is 31.3 Å². The zero-order chi connectivity index (χ0) is 32.8. The Labute approximate surface area is 269 Å². The molecule has 3 heterocycles. The first-order valence-electron chi connectivity index (χ1n) is 15.1. The van der Waals surface area contributed by atoms with Crippen molar-refractivity contribution in [3.8, 4) is 33.8 Å². The fourth-order valence-corrected chi connectivity index (χ4v) is 10.7. The number of benzene rings is 4. The molecule has 13 heteroatoms. The van der Waals surface area contributed by atoms with E-state index in [9.17, 15) is 23.5 Å². The van der Waals surface area contributed by atoms with Crippen LogP contribution in [-0.2, 0) is 33.5 Å². The van der Waals surface area contributed by atoms with Crippen LogP contribution in [0.2, 0.25) is 0 Å². The molecular formula is C34H31N3O8P2. The maximum atomic E-state index is 14.4. The summed E-state index contributed by atoms with van der Waals surface area (Å²) < 4.78 is 48.9. The fraction of sp³-hybridized carbons (Fsp3) is 0.206. The summed E-state index contributed by atoms with van der Waals surface area (Å²) >= 11 is 0. The monoisotopic (exact) mass is 671 g/mol. The minimum atomic E-state index is -3.60. The van der Waals surface area contributed by atoms with Crippen molar-refractivity contribution in [1.29, 1.82) is 0 Å². The quantitative estimate of drug-likeness (QED) is 0.214. The second kappa shape index (κ2) is 12.2. The molecule has 1 aromatic heterocycles. The van der Waals surface area contributed by atoms with E-state index in [0.717, 1.165) is 36.0 Å². The van der Waals surface area contributed by atoms with Crippen LogP contribution in [-0.4, -0.2) is 39.7 Å². The molecule has 0 amide bonds. The van der Waals surface area contributed by atoms with Crippen molar-refractivity contribution in [2.75, 3.05) is 26.0 Å². The number of aromatic nitrogens is 3. The van der Waals surface area contributed by atoms with Gasteiger partial charge in [0.05, 0.1) is 36.1 Å². The van der Waals surface area contributed by atoms with Crippen molar-refractivity contribution < 1.29 is 22.9 Å². The molecule has 0 spiro atoms. The predicted octanol–water partition coefficient (Wildman–Crippen LogP) is 4.14. The Morgan fingerprint density at radius 3 is 1.32 bits per heavy atom. The predicted molar refractivity (Wildman–Crippen MR) is 180 cm³/mol. The van der Waals surface area contributed by atoms with Crippen LogP contribution in [0.1, 0.15) is 0 Å². The van der Waals surface area contributed by atoms with Gasteiger partial charge in [0.2, 0.25) is 0 Å². The van der Waals surface area contributed by atoms with Crippen molar-refractivity contribution in [2.24, 2.45) is 0 Å². The van der Waals surface area contributed by atoms with E-state index < -0.39 is 31.8 Å². The number of hydrogen-bond acceptors (Lipinski definition) is 8. The summed E-state index contributed by atoms with van der Waals surface area (Å²) in [6.45, 7) is -0.666. The molecule has 47 heavy (non-hydrogen) atoms. The molecule has 0 aliphatic carbocycles. The molecule has 4 aromatic carbocycles. The summed E-state index contributed by atoms with van der Waals surface area (Å²) in [5.74, 6) is 0.895. The van der Waals surface area contributed by atoms with Gasteiger partial charge in [-0.1, -0.05) is 72.8 Å². The first-order chi connectivity index (χ1) is 22.7. The maximum absolute atomic E-state index is 14.4. The average molecular weight is 672 g/mol. The van der Waals surface area contributed by atoms with E-state index in [1.807, 2.05) is 48.5 Å². The summed E-state index contributed by atoms with van der Waals surface area (Å²) in [5, 5.41) is 0.984. The highest BCUT2D eigenvalue weighted by Gasteiger charge is 2.38. The molecule has 7 rings (SSSR count). The molecule has 5 aromatic rings. The van der Waals surface area contributed by atoms with Gasteiger partial charge < -0.3 is 13.8 Å². The third kappa shape index (κ3) is 5.34. The van der Waals surface area contributed by atoms with Crippen molar-refractivity contribution in [1.82, 2.24) is 13.7 Å². The number of fused-ring (bicyclic) bond motifs is 6. The Morgan fingerprint density at radius 1 is 0.532 bits per heavy atom. The Kier molecular flexibility index (Phi) is 8.00. The zero-order valence-corrected chi connectivity index (χ0v) is 27.3. The summed E-state index contributed by atoms with van der Waals surface area (Å²) in [6, 6.07) is 28.9. The van der Waals surface area contributed by atoms with Gasteiger partial charge >= 0.3 is 17.1 Å². The molecule has 0 N–H and O–H groups in total. The van der Waals surface area contributed by atoms with Crippen LogP contribution in [0.3, 0.4) is 0 Å². The molecule has 0 radical (unpaired) electrons. The zero-order valence-electron chi connectivity index (χ0n) is 25.5. The van der Waals surface area contributed by atoms with E-state index in [1.54, 1.807) is 48.5 Å². The number of hydrogen-bond donors (Lipinski definition) is 0. The van der Waals surface area contributed by atoms with Crippen LogP contribution < -0.4 is 36.7 Å². The van der Waals surface area contributed by atoms with Crippen LogP contribution in [0.25, 0.3) is 22.3 Å². The van der Waals surface area contributed by atoms with E-state index in [-0.39, 0.29) is 38.6 Å². The normalized spacial score (nSPS) is 19.0. The number of para-hydroxylation sites is 2. The van der Waals surface area contributed by atoms with Gasteiger partial charge in [0.25, 0.3) is 14.7 Å². The molecule has 0 bridgehead atoms. The largest absolute Gasteiger partial charge is 0.439 e. The highest BCUT2D eigenvalue weighted by Crippen LogP contribution is 2.55. The smallest absolute Gasteiger partial charge is 0.336 e. The first kappa shape index (κ1) is 30.9. The average Bonchev–Trinajstić information content (AvgIpc) is 3.08. The molecule has 2 aliphatic heterocycles. The number of rotatable bonds is 9. The second-order valence-electron chi connectivity index (χ2n) is 11.3. The maximum Gasteiger partial charge on any atom is 0.336 e. The number of ether oxygens (including phenoxy) is 1. The van der Waals surface area contributed by atoms with E-state index in [4.69, 9.17) is 13.8 Å². The molecule has 2 atom stereocenters. The lowest BCUT2D eigenvalue weighted by molar-refractivity contribution is 0.182. The van der Waals surface area contributed by atoms with Crippen LogP contribution in [0, 0.1) is 0 Å². The lowest BCUT2D eigenvalue weighted by atomic mass is 10.0. The third-order valence-electron chi connectivity index (χ3n) is 8.53. The van der Waals surface area contributed by atoms with Crippen molar-refractivity contribution >= 4 is 25.3 Å². The topological polar surface area (TPSA) is 128 Å². The third-order valence-corrected chi connectivity index (χ3v) is 13.3. The SMILES string of the molecule is COCCn1c(=O)n(CCP2(=O)Oc3ccccc3-c3ccccc32)c(=O)n(CCP2(=O)Oc3ccccc3-c3ccccc32)c1=O. The van der Waals surface area contributed by atoms with Crippen LogP contribution >= 0.6 is 14.7 Å². The van der Waals surface area contributed by atoms with Crippen molar-refractivity contribution in [3.63, 3.8) is 0 Å². The van der Waals surface area contributed by atoms with Crippen LogP contribution in [0.4, 0.5) is 0 Å². The fourth-order valence-electron chi connectivity index (χ4n) is 6.19. The molecule has 2 unspecified atom stereocenters. The van der Waals surface area contributed by atoms with Gasteiger partial charge in [-0.2, -0.15) is 0 Å².